The summed E-state index contributed by atoms with van der Waals surface area (Å²) in [5.74, 6) is 2.34. The molecule has 0 bridgehead atoms. The van der Waals surface area contributed by atoms with Gasteiger partial charge in [0.05, 0.1) is 0 Å². The van der Waals surface area contributed by atoms with Gasteiger partial charge in [0.2, 0.25) is 0 Å². The minimum Gasteiger partial charge on any atom is -0.352 e. The minimum atomic E-state index is -0.259. The zero-order chi connectivity index (χ0) is 11.8. The summed E-state index contributed by atoms with van der Waals surface area (Å²) in [6.45, 7) is 0. The lowest BCUT2D eigenvalue weighted by Crippen LogP contribution is -2.02. The number of thioether (sulfide) groups is 2. The van der Waals surface area contributed by atoms with Crippen molar-refractivity contribution in [2.24, 2.45) is 0 Å². The van der Waals surface area contributed by atoms with Gasteiger partial charge >= 0.3 is 0 Å². The number of ether oxygens (including phenoxy) is 2. The molecule has 90 valence electrons. The fraction of sp³-hybridized carbons (Fsp3) is 0.500. The van der Waals surface area contributed by atoms with Gasteiger partial charge in [0.15, 0.2) is 6.29 Å². The summed E-state index contributed by atoms with van der Waals surface area (Å²) < 4.78 is 10.4. The minimum absolute atomic E-state index is 0.259. The third-order valence-electron chi connectivity index (χ3n) is 2.14. The maximum absolute atomic E-state index is 5.19. The van der Waals surface area contributed by atoms with Crippen molar-refractivity contribution < 1.29 is 9.47 Å². The van der Waals surface area contributed by atoms with Crippen LogP contribution < -0.4 is 0 Å². The molecule has 0 amide bonds. The van der Waals surface area contributed by atoms with Crippen LogP contribution in [0, 0.1) is 0 Å². The maximum Gasteiger partial charge on any atom is 0.183 e. The molecule has 0 atom stereocenters. The predicted octanol–water partition coefficient (Wildman–Crippen LogP) is 3.43. The molecule has 0 saturated carbocycles. The Bertz CT molecular complexity index is 284. The van der Waals surface area contributed by atoms with Crippen LogP contribution in [0.3, 0.4) is 0 Å². The maximum atomic E-state index is 5.19. The number of methoxy groups -OCH3 is 2. The number of benzene rings is 1. The van der Waals surface area contributed by atoms with Crippen molar-refractivity contribution in [1.29, 1.82) is 0 Å². The average Bonchev–Trinajstić information content (AvgIpc) is 2.33. The van der Waals surface area contributed by atoms with Crippen LogP contribution in [0.1, 0.15) is 11.9 Å². The van der Waals surface area contributed by atoms with Gasteiger partial charge < -0.3 is 9.47 Å². The molecule has 0 aliphatic heterocycles. The Kier molecular flexibility index (Phi) is 6.96. The van der Waals surface area contributed by atoms with Gasteiger partial charge in [-0.15, -0.1) is 11.8 Å². The topological polar surface area (TPSA) is 18.5 Å². The average molecular weight is 258 g/mol. The summed E-state index contributed by atoms with van der Waals surface area (Å²) >= 11 is 3.75. The van der Waals surface area contributed by atoms with E-state index < -0.39 is 0 Å². The summed E-state index contributed by atoms with van der Waals surface area (Å²) in [6.07, 6.45) is 1.87. The van der Waals surface area contributed by atoms with Crippen LogP contribution in [-0.2, 0) is 9.47 Å². The second kappa shape index (κ2) is 8.01. The van der Waals surface area contributed by atoms with Crippen molar-refractivity contribution in [3.05, 3.63) is 29.8 Å². The molecule has 1 aromatic carbocycles. The monoisotopic (exact) mass is 258 g/mol. The molecular weight excluding hydrogens is 240 g/mol. The van der Waals surface area contributed by atoms with Crippen molar-refractivity contribution in [3.8, 4) is 0 Å². The largest absolute Gasteiger partial charge is 0.352 e. The second-order valence-corrected chi connectivity index (χ2v) is 5.37. The highest BCUT2D eigenvalue weighted by atomic mass is 32.2. The van der Waals surface area contributed by atoms with Gasteiger partial charge in [-0.3, -0.25) is 0 Å². The highest BCUT2D eigenvalue weighted by Crippen LogP contribution is 2.23. The molecule has 1 rings (SSSR count). The normalized spacial score (nSPS) is 11.0. The smallest absolute Gasteiger partial charge is 0.183 e. The Balaban J connectivity index is 2.53. The lowest BCUT2D eigenvalue weighted by atomic mass is 10.2. The molecule has 0 unspecified atom stereocenters. The van der Waals surface area contributed by atoms with Crippen molar-refractivity contribution in [2.45, 2.75) is 11.2 Å². The van der Waals surface area contributed by atoms with Crippen molar-refractivity contribution in [2.75, 3.05) is 32.0 Å². The molecule has 0 aliphatic rings. The van der Waals surface area contributed by atoms with Crippen LogP contribution >= 0.6 is 23.5 Å². The Hall–Kier alpha value is -0.160. The summed E-state index contributed by atoms with van der Waals surface area (Å²) in [5, 5.41) is 0. The van der Waals surface area contributed by atoms with Crippen LogP contribution in [0.4, 0.5) is 0 Å². The van der Waals surface area contributed by atoms with E-state index in [1.807, 2.05) is 23.5 Å². The van der Waals surface area contributed by atoms with E-state index in [1.165, 1.54) is 10.6 Å². The van der Waals surface area contributed by atoms with E-state index in [9.17, 15) is 0 Å². The molecule has 0 radical (unpaired) electrons. The first-order chi connectivity index (χ1) is 7.81. The molecule has 0 fully saturated rings. The van der Waals surface area contributed by atoms with Gasteiger partial charge in [-0.2, -0.15) is 11.8 Å². The van der Waals surface area contributed by atoms with E-state index in [2.05, 4.69) is 30.5 Å². The predicted molar refractivity (Wildman–Crippen MR) is 72.3 cm³/mol. The molecule has 0 saturated heterocycles. The molecule has 0 heterocycles. The van der Waals surface area contributed by atoms with Gasteiger partial charge in [0.25, 0.3) is 0 Å². The lowest BCUT2D eigenvalue weighted by molar-refractivity contribution is -0.106. The van der Waals surface area contributed by atoms with E-state index in [-0.39, 0.29) is 6.29 Å². The first-order valence-electron chi connectivity index (χ1n) is 5.09. The molecule has 0 N–H and O–H groups in total. The van der Waals surface area contributed by atoms with Crippen LogP contribution in [0.2, 0.25) is 0 Å². The van der Waals surface area contributed by atoms with Gasteiger partial charge in [0, 0.05) is 36.2 Å². The van der Waals surface area contributed by atoms with E-state index in [0.29, 0.717) is 0 Å². The Morgan fingerprint density at radius 1 is 1.06 bits per heavy atom. The summed E-state index contributed by atoms with van der Waals surface area (Å²) in [4.78, 5) is 1.30. The highest BCUT2D eigenvalue weighted by molar-refractivity contribution is 8.02. The summed E-state index contributed by atoms with van der Waals surface area (Å²) in [5.41, 5.74) is 1.05. The molecule has 0 aromatic heterocycles. The number of hydrogen-bond donors (Lipinski definition) is 0. The van der Waals surface area contributed by atoms with Gasteiger partial charge in [-0.1, -0.05) is 12.1 Å². The van der Waals surface area contributed by atoms with Crippen molar-refractivity contribution in [1.82, 2.24) is 0 Å². The zero-order valence-corrected chi connectivity index (χ0v) is 11.6. The van der Waals surface area contributed by atoms with Gasteiger partial charge in [0.1, 0.15) is 0 Å². The highest BCUT2D eigenvalue weighted by Gasteiger charge is 2.07. The third kappa shape index (κ3) is 4.37. The molecular formula is C12H18O2S2. The van der Waals surface area contributed by atoms with E-state index in [0.717, 1.165) is 11.3 Å². The Labute approximate surface area is 106 Å². The van der Waals surface area contributed by atoms with E-state index >= 15 is 0 Å². The second-order valence-electron chi connectivity index (χ2n) is 3.21. The van der Waals surface area contributed by atoms with Crippen LogP contribution in [-0.4, -0.2) is 32.0 Å². The third-order valence-corrected chi connectivity index (χ3v) is 4.02. The first-order valence-corrected chi connectivity index (χ1v) is 7.47. The van der Waals surface area contributed by atoms with E-state index in [1.54, 1.807) is 14.2 Å². The van der Waals surface area contributed by atoms with Crippen LogP contribution in [0.15, 0.2) is 29.2 Å². The zero-order valence-electron chi connectivity index (χ0n) is 9.93. The van der Waals surface area contributed by atoms with E-state index in [4.69, 9.17) is 9.47 Å². The van der Waals surface area contributed by atoms with Crippen LogP contribution in [0.25, 0.3) is 0 Å². The van der Waals surface area contributed by atoms with Crippen molar-refractivity contribution >= 4 is 23.5 Å². The summed E-state index contributed by atoms with van der Waals surface area (Å²) in [6, 6.07) is 8.34. The standard InChI is InChI=1S/C12H18O2S2/c1-13-12(14-2)10-4-6-11(7-5-10)16-9-8-15-3/h4-7,12H,8-9H2,1-3H3. The fourth-order valence-corrected chi connectivity index (χ4v) is 2.90. The summed E-state index contributed by atoms with van der Waals surface area (Å²) in [7, 11) is 3.30. The van der Waals surface area contributed by atoms with Gasteiger partial charge in [-0.05, 0) is 18.4 Å². The molecule has 0 spiro atoms. The molecule has 16 heavy (non-hydrogen) atoms. The Morgan fingerprint density at radius 2 is 1.69 bits per heavy atom. The molecule has 0 aliphatic carbocycles. The fourth-order valence-electron chi connectivity index (χ4n) is 1.33. The SMILES string of the molecule is COC(OC)c1ccc(SCCSC)cc1. The quantitative estimate of drug-likeness (QED) is 0.423. The van der Waals surface area contributed by atoms with Crippen LogP contribution in [0.5, 0.6) is 0 Å². The Morgan fingerprint density at radius 3 is 2.19 bits per heavy atom. The van der Waals surface area contributed by atoms with Gasteiger partial charge in [-0.25, -0.2) is 0 Å². The molecule has 1 aromatic rings. The lowest BCUT2D eigenvalue weighted by Gasteiger charge is -2.13. The number of rotatable bonds is 7. The number of hydrogen-bond acceptors (Lipinski definition) is 4. The molecule has 4 heteroatoms. The molecule has 2 nitrogen and oxygen atoms in total. The van der Waals surface area contributed by atoms with Crippen molar-refractivity contribution in [3.63, 3.8) is 0 Å². The first kappa shape index (κ1) is 13.9.